The molecule has 0 aliphatic rings. The molecule has 0 atom stereocenters. The predicted molar refractivity (Wildman–Crippen MR) is 81.9 cm³/mol. The molecule has 1 heterocycles. The van der Waals surface area contributed by atoms with Gasteiger partial charge in [0.2, 0.25) is 0 Å². The van der Waals surface area contributed by atoms with E-state index >= 15 is 0 Å². The van der Waals surface area contributed by atoms with Gasteiger partial charge in [0, 0.05) is 10.1 Å². The Morgan fingerprint density at radius 1 is 1.10 bits per heavy atom. The number of carboxylic acid groups (broad SMARTS) is 1. The van der Waals surface area contributed by atoms with E-state index in [2.05, 4.69) is 0 Å². The molecule has 1 aromatic heterocycles. The van der Waals surface area contributed by atoms with E-state index in [1.807, 2.05) is 30.3 Å². The number of para-hydroxylation sites is 1. The second-order valence-electron chi connectivity index (χ2n) is 4.34. The van der Waals surface area contributed by atoms with E-state index in [1.54, 1.807) is 25.3 Å². The van der Waals surface area contributed by atoms with E-state index in [0.29, 0.717) is 17.2 Å². The van der Waals surface area contributed by atoms with Gasteiger partial charge in [-0.1, -0.05) is 18.2 Å². The normalized spacial score (nSPS) is 10.5. The first-order chi connectivity index (χ1) is 10.2. The molecule has 106 valence electrons. The van der Waals surface area contributed by atoms with Crippen LogP contribution in [0.3, 0.4) is 0 Å². The summed E-state index contributed by atoms with van der Waals surface area (Å²) >= 11 is 1.18. The molecular formula is C16H12O4S. The summed E-state index contributed by atoms with van der Waals surface area (Å²) in [4.78, 5) is 11.6. The Kier molecular flexibility index (Phi) is 3.50. The second-order valence-corrected chi connectivity index (χ2v) is 5.39. The molecule has 5 heteroatoms. The summed E-state index contributed by atoms with van der Waals surface area (Å²) in [5.41, 5.74) is 0. The molecule has 0 spiro atoms. The Bertz CT molecular complexity index is 793. The number of aromatic carboxylic acids is 1. The van der Waals surface area contributed by atoms with E-state index in [1.165, 1.54) is 11.3 Å². The number of hydrogen-bond acceptors (Lipinski definition) is 4. The van der Waals surface area contributed by atoms with Crippen LogP contribution >= 0.6 is 11.3 Å². The molecule has 0 radical (unpaired) electrons. The zero-order valence-electron chi connectivity index (χ0n) is 11.2. The molecular weight excluding hydrogens is 288 g/mol. The molecule has 3 rings (SSSR count). The molecule has 0 aliphatic carbocycles. The van der Waals surface area contributed by atoms with E-state index in [0.717, 1.165) is 10.1 Å². The van der Waals surface area contributed by atoms with Gasteiger partial charge < -0.3 is 14.6 Å². The highest BCUT2D eigenvalue weighted by molar-refractivity contribution is 7.21. The van der Waals surface area contributed by atoms with E-state index in [9.17, 15) is 9.90 Å². The summed E-state index contributed by atoms with van der Waals surface area (Å²) in [6, 6.07) is 14.6. The van der Waals surface area contributed by atoms with E-state index in [4.69, 9.17) is 9.47 Å². The molecule has 0 bridgehead atoms. The summed E-state index contributed by atoms with van der Waals surface area (Å²) in [7, 11) is 1.58. The average molecular weight is 300 g/mol. The fourth-order valence-electron chi connectivity index (χ4n) is 2.03. The van der Waals surface area contributed by atoms with Crippen molar-refractivity contribution in [2.45, 2.75) is 0 Å². The van der Waals surface area contributed by atoms with Gasteiger partial charge in [-0.15, -0.1) is 11.3 Å². The van der Waals surface area contributed by atoms with Gasteiger partial charge in [0.1, 0.15) is 11.5 Å². The Morgan fingerprint density at radius 3 is 2.52 bits per heavy atom. The summed E-state index contributed by atoms with van der Waals surface area (Å²) in [5.74, 6) is 0.667. The zero-order chi connectivity index (χ0) is 14.8. The van der Waals surface area contributed by atoms with Crippen LogP contribution in [0, 0.1) is 0 Å². The lowest BCUT2D eigenvalue weighted by atomic mass is 10.2. The minimum atomic E-state index is -0.999. The number of fused-ring (bicyclic) bond motifs is 1. The van der Waals surface area contributed by atoms with Crippen molar-refractivity contribution in [2.75, 3.05) is 7.11 Å². The molecule has 4 nitrogen and oxygen atoms in total. The molecule has 0 fully saturated rings. The highest BCUT2D eigenvalue weighted by Gasteiger charge is 2.20. The van der Waals surface area contributed by atoms with Crippen LogP contribution < -0.4 is 9.47 Å². The molecule has 0 saturated carbocycles. The highest BCUT2D eigenvalue weighted by atomic mass is 32.1. The number of carboxylic acids is 1. The molecule has 0 aliphatic heterocycles. The SMILES string of the molecule is COc1ccc2c(Oc3ccccc3)c(C(=O)O)sc2c1. The van der Waals surface area contributed by atoms with Crippen molar-refractivity contribution in [3.63, 3.8) is 0 Å². The minimum absolute atomic E-state index is 0.183. The topological polar surface area (TPSA) is 55.8 Å². The van der Waals surface area contributed by atoms with Gasteiger partial charge in [0.25, 0.3) is 0 Å². The average Bonchev–Trinajstić information content (AvgIpc) is 2.86. The molecule has 2 aromatic carbocycles. The standard InChI is InChI=1S/C16H12O4S/c1-19-11-7-8-12-13(9-11)21-15(16(17)18)14(12)20-10-5-3-2-4-6-10/h2-9H,1H3,(H,17,18). The van der Waals surface area contributed by atoms with Crippen molar-refractivity contribution in [2.24, 2.45) is 0 Å². The van der Waals surface area contributed by atoms with Gasteiger partial charge in [0.05, 0.1) is 7.11 Å². The van der Waals surface area contributed by atoms with Crippen LogP contribution in [0.2, 0.25) is 0 Å². The van der Waals surface area contributed by atoms with Crippen LogP contribution in [-0.4, -0.2) is 18.2 Å². The molecule has 0 unspecified atom stereocenters. The van der Waals surface area contributed by atoms with Gasteiger partial charge in [-0.25, -0.2) is 4.79 Å². The lowest BCUT2D eigenvalue weighted by Crippen LogP contribution is -1.95. The Labute approximate surface area is 125 Å². The molecule has 21 heavy (non-hydrogen) atoms. The Morgan fingerprint density at radius 2 is 1.86 bits per heavy atom. The van der Waals surface area contributed by atoms with Gasteiger partial charge in [-0.3, -0.25) is 0 Å². The molecule has 3 aromatic rings. The van der Waals surface area contributed by atoms with Crippen molar-refractivity contribution in [3.8, 4) is 17.2 Å². The van der Waals surface area contributed by atoms with E-state index < -0.39 is 5.97 Å². The van der Waals surface area contributed by atoms with Gasteiger partial charge in [0.15, 0.2) is 10.6 Å². The lowest BCUT2D eigenvalue weighted by Gasteiger charge is -2.06. The summed E-state index contributed by atoms with van der Waals surface area (Å²) < 4.78 is 11.8. The van der Waals surface area contributed by atoms with Crippen molar-refractivity contribution >= 4 is 27.4 Å². The van der Waals surface area contributed by atoms with Gasteiger partial charge in [-0.2, -0.15) is 0 Å². The number of hydrogen-bond donors (Lipinski definition) is 1. The van der Waals surface area contributed by atoms with Crippen LogP contribution in [0.1, 0.15) is 9.67 Å². The van der Waals surface area contributed by atoms with Crippen LogP contribution in [0.15, 0.2) is 48.5 Å². The van der Waals surface area contributed by atoms with Crippen molar-refractivity contribution < 1.29 is 19.4 Å². The number of thiophene rings is 1. The molecule has 1 N–H and O–H groups in total. The van der Waals surface area contributed by atoms with Crippen molar-refractivity contribution in [3.05, 3.63) is 53.4 Å². The van der Waals surface area contributed by atoms with Gasteiger partial charge >= 0.3 is 5.97 Å². The highest BCUT2D eigenvalue weighted by Crippen LogP contribution is 2.41. The fourth-order valence-corrected chi connectivity index (χ4v) is 3.03. The van der Waals surface area contributed by atoms with Crippen molar-refractivity contribution in [1.82, 2.24) is 0 Å². The summed E-state index contributed by atoms with van der Waals surface area (Å²) in [5, 5.41) is 10.1. The van der Waals surface area contributed by atoms with Crippen LogP contribution in [0.25, 0.3) is 10.1 Å². The maximum absolute atomic E-state index is 11.4. The third-order valence-corrected chi connectivity index (χ3v) is 4.13. The number of benzene rings is 2. The predicted octanol–water partition coefficient (Wildman–Crippen LogP) is 4.40. The minimum Gasteiger partial charge on any atom is -0.497 e. The fraction of sp³-hybridized carbons (Fsp3) is 0.0625. The maximum atomic E-state index is 11.4. The van der Waals surface area contributed by atoms with Crippen LogP contribution in [-0.2, 0) is 0 Å². The van der Waals surface area contributed by atoms with E-state index in [-0.39, 0.29) is 4.88 Å². The third kappa shape index (κ3) is 2.55. The van der Waals surface area contributed by atoms with Crippen LogP contribution in [0.5, 0.6) is 17.2 Å². The largest absolute Gasteiger partial charge is 0.497 e. The van der Waals surface area contributed by atoms with Crippen molar-refractivity contribution in [1.29, 1.82) is 0 Å². The first kappa shape index (κ1) is 13.5. The first-order valence-corrected chi connectivity index (χ1v) is 7.07. The smallest absolute Gasteiger partial charge is 0.349 e. The Balaban J connectivity index is 2.14. The quantitative estimate of drug-likeness (QED) is 0.776. The Hall–Kier alpha value is -2.53. The third-order valence-electron chi connectivity index (χ3n) is 3.01. The van der Waals surface area contributed by atoms with Crippen LogP contribution in [0.4, 0.5) is 0 Å². The number of rotatable bonds is 4. The molecule has 0 saturated heterocycles. The first-order valence-electron chi connectivity index (χ1n) is 6.26. The number of methoxy groups -OCH3 is 1. The molecule has 0 amide bonds. The second kappa shape index (κ2) is 5.46. The summed E-state index contributed by atoms with van der Waals surface area (Å²) in [6.07, 6.45) is 0. The monoisotopic (exact) mass is 300 g/mol. The number of ether oxygens (including phenoxy) is 2. The maximum Gasteiger partial charge on any atom is 0.349 e. The zero-order valence-corrected chi connectivity index (χ0v) is 12.0. The summed E-state index contributed by atoms with van der Waals surface area (Å²) in [6.45, 7) is 0. The number of carbonyl (C=O) groups is 1. The van der Waals surface area contributed by atoms with Gasteiger partial charge in [-0.05, 0) is 30.3 Å². The lowest BCUT2D eigenvalue weighted by molar-refractivity contribution is 0.0700.